The number of benzene rings is 1. The molecule has 0 unspecified atom stereocenters. The normalized spacial score (nSPS) is 10.5. The molecule has 0 fully saturated rings. The SMILES string of the molecule is C#CC(C)(C)Oc1ccc(C=O)c(C)c1. The zero-order chi connectivity index (χ0) is 11.5. The first-order valence-corrected chi connectivity index (χ1v) is 4.71. The van der Waals surface area contributed by atoms with E-state index in [0.29, 0.717) is 11.3 Å². The van der Waals surface area contributed by atoms with Gasteiger partial charge in [0.1, 0.15) is 12.0 Å². The third-order valence-electron chi connectivity index (χ3n) is 2.09. The van der Waals surface area contributed by atoms with Gasteiger partial charge in [-0.1, -0.05) is 5.92 Å². The van der Waals surface area contributed by atoms with E-state index in [1.807, 2.05) is 26.8 Å². The summed E-state index contributed by atoms with van der Waals surface area (Å²) in [5, 5.41) is 0. The number of carbonyl (C=O) groups is 1. The molecule has 0 aliphatic heterocycles. The summed E-state index contributed by atoms with van der Waals surface area (Å²) in [4.78, 5) is 10.6. The Bertz CT molecular complexity index is 411. The number of terminal acetylenes is 1. The molecule has 2 nitrogen and oxygen atoms in total. The van der Waals surface area contributed by atoms with E-state index in [0.717, 1.165) is 11.8 Å². The molecule has 0 saturated carbocycles. The minimum atomic E-state index is -0.630. The van der Waals surface area contributed by atoms with Crippen LogP contribution in [0.2, 0.25) is 0 Å². The maximum atomic E-state index is 10.6. The smallest absolute Gasteiger partial charge is 0.163 e. The summed E-state index contributed by atoms with van der Waals surface area (Å²) in [6.45, 7) is 5.49. The summed E-state index contributed by atoms with van der Waals surface area (Å²) < 4.78 is 5.58. The Kier molecular flexibility index (Phi) is 3.16. The Hall–Kier alpha value is -1.75. The second-order valence-corrected chi connectivity index (χ2v) is 3.89. The lowest BCUT2D eigenvalue weighted by molar-refractivity contribution is 0.112. The largest absolute Gasteiger partial charge is 0.475 e. The average molecular weight is 202 g/mol. The molecule has 1 aromatic carbocycles. The number of aldehydes is 1. The topological polar surface area (TPSA) is 26.3 Å². The molecular weight excluding hydrogens is 188 g/mol. The van der Waals surface area contributed by atoms with Crippen LogP contribution in [0.5, 0.6) is 5.75 Å². The van der Waals surface area contributed by atoms with Crippen LogP contribution in [-0.2, 0) is 0 Å². The molecule has 0 aliphatic carbocycles. The van der Waals surface area contributed by atoms with Crippen LogP contribution in [0.15, 0.2) is 18.2 Å². The fourth-order valence-corrected chi connectivity index (χ4v) is 1.17. The molecule has 78 valence electrons. The minimum absolute atomic E-state index is 0.630. The van der Waals surface area contributed by atoms with Gasteiger partial charge in [0, 0.05) is 5.56 Å². The molecule has 1 aromatic rings. The lowest BCUT2D eigenvalue weighted by atomic mass is 10.1. The standard InChI is InChI=1S/C13H14O2/c1-5-13(3,4)15-12-7-6-11(9-14)10(2)8-12/h1,6-9H,2-4H3. The van der Waals surface area contributed by atoms with Crippen molar-refractivity contribution in [2.24, 2.45) is 0 Å². The molecule has 2 heteroatoms. The van der Waals surface area contributed by atoms with Crippen molar-refractivity contribution in [3.8, 4) is 18.1 Å². The fourth-order valence-electron chi connectivity index (χ4n) is 1.17. The van der Waals surface area contributed by atoms with E-state index in [9.17, 15) is 4.79 Å². The van der Waals surface area contributed by atoms with Crippen molar-refractivity contribution in [1.82, 2.24) is 0 Å². The second-order valence-electron chi connectivity index (χ2n) is 3.89. The van der Waals surface area contributed by atoms with Crippen LogP contribution in [0.1, 0.15) is 29.8 Å². The van der Waals surface area contributed by atoms with E-state index in [1.165, 1.54) is 0 Å². The lowest BCUT2D eigenvalue weighted by Crippen LogP contribution is -2.25. The Morgan fingerprint density at radius 3 is 2.60 bits per heavy atom. The van der Waals surface area contributed by atoms with Crippen molar-refractivity contribution in [1.29, 1.82) is 0 Å². The van der Waals surface area contributed by atoms with Crippen LogP contribution in [0.3, 0.4) is 0 Å². The lowest BCUT2D eigenvalue weighted by Gasteiger charge is -2.20. The van der Waals surface area contributed by atoms with Gasteiger partial charge in [0.2, 0.25) is 0 Å². The zero-order valence-corrected chi connectivity index (χ0v) is 9.20. The third kappa shape index (κ3) is 2.85. The fraction of sp³-hybridized carbons (Fsp3) is 0.308. The quantitative estimate of drug-likeness (QED) is 0.556. The summed E-state index contributed by atoms with van der Waals surface area (Å²) in [6.07, 6.45) is 6.14. The van der Waals surface area contributed by atoms with Gasteiger partial charge in [0.05, 0.1) is 0 Å². The maximum absolute atomic E-state index is 10.6. The van der Waals surface area contributed by atoms with Gasteiger partial charge in [0.25, 0.3) is 0 Å². The summed E-state index contributed by atoms with van der Waals surface area (Å²) in [5.41, 5.74) is 0.922. The van der Waals surface area contributed by atoms with Crippen molar-refractivity contribution < 1.29 is 9.53 Å². The molecule has 0 amide bonds. The molecule has 1 rings (SSSR count). The zero-order valence-electron chi connectivity index (χ0n) is 9.20. The van der Waals surface area contributed by atoms with Crippen LogP contribution in [0.25, 0.3) is 0 Å². The maximum Gasteiger partial charge on any atom is 0.163 e. The van der Waals surface area contributed by atoms with Crippen LogP contribution >= 0.6 is 0 Å². The number of ether oxygens (including phenoxy) is 1. The Balaban J connectivity index is 2.95. The molecule has 0 saturated heterocycles. The minimum Gasteiger partial charge on any atom is -0.475 e. The summed E-state index contributed by atoms with van der Waals surface area (Å²) in [7, 11) is 0. The molecular formula is C13H14O2. The van der Waals surface area contributed by atoms with E-state index in [1.54, 1.807) is 12.1 Å². The van der Waals surface area contributed by atoms with Crippen molar-refractivity contribution in [3.63, 3.8) is 0 Å². The van der Waals surface area contributed by atoms with Gasteiger partial charge >= 0.3 is 0 Å². The van der Waals surface area contributed by atoms with Crippen molar-refractivity contribution in [2.45, 2.75) is 26.4 Å². The van der Waals surface area contributed by atoms with Gasteiger partial charge in [-0.3, -0.25) is 4.79 Å². The Morgan fingerprint density at radius 1 is 1.47 bits per heavy atom. The molecule has 0 N–H and O–H groups in total. The van der Waals surface area contributed by atoms with E-state index in [4.69, 9.17) is 11.2 Å². The van der Waals surface area contributed by atoms with Crippen LogP contribution < -0.4 is 4.74 Å². The summed E-state index contributed by atoms with van der Waals surface area (Å²) in [5.74, 6) is 3.23. The van der Waals surface area contributed by atoms with Crippen LogP contribution in [-0.4, -0.2) is 11.9 Å². The molecule has 0 atom stereocenters. The third-order valence-corrected chi connectivity index (χ3v) is 2.09. The van der Waals surface area contributed by atoms with Gasteiger partial charge in [-0.05, 0) is 44.5 Å². The highest BCUT2D eigenvalue weighted by molar-refractivity contribution is 5.77. The Labute approximate surface area is 90.3 Å². The highest BCUT2D eigenvalue weighted by atomic mass is 16.5. The molecule has 0 aromatic heterocycles. The Morgan fingerprint density at radius 2 is 2.13 bits per heavy atom. The first-order valence-electron chi connectivity index (χ1n) is 4.71. The van der Waals surface area contributed by atoms with Crippen molar-refractivity contribution >= 4 is 6.29 Å². The number of hydrogen-bond donors (Lipinski definition) is 0. The molecule has 0 radical (unpaired) electrons. The van der Waals surface area contributed by atoms with Gasteiger partial charge in [-0.2, -0.15) is 0 Å². The number of rotatable bonds is 3. The summed E-state index contributed by atoms with van der Waals surface area (Å²) >= 11 is 0. The van der Waals surface area contributed by atoms with E-state index in [-0.39, 0.29) is 0 Å². The van der Waals surface area contributed by atoms with Crippen LogP contribution in [0.4, 0.5) is 0 Å². The highest BCUT2D eigenvalue weighted by Gasteiger charge is 2.15. The molecule has 0 heterocycles. The second kappa shape index (κ2) is 4.18. The number of aryl methyl sites for hydroxylation is 1. The van der Waals surface area contributed by atoms with Gasteiger partial charge in [0.15, 0.2) is 5.60 Å². The number of hydrogen-bond acceptors (Lipinski definition) is 2. The van der Waals surface area contributed by atoms with Gasteiger partial charge in [-0.15, -0.1) is 6.42 Å². The predicted octanol–water partition coefficient (Wildman–Crippen LogP) is 2.60. The van der Waals surface area contributed by atoms with Crippen molar-refractivity contribution in [3.05, 3.63) is 29.3 Å². The van der Waals surface area contributed by atoms with E-state index >= 15 is 0 Å². The van der Waals surface area contributed by atoms with E-state index in [2.05, 4.69) is 5.92 Å². The molecule has 0 spiro atoms. The first-order chi connectivity index (χ1) is 6.98. The molecule has 0 aliphatic rings. The molecule has 15 heavy (non-hydrogen) atoms. The monoisotopic (exact) mass is 202 g/mol. The van der Waals surface area contributed by atoms with Gasteiger partial charge < -0.3 is 4.74 Å². The predicted molar refractivity (Wildman–Crippen MR) is 60.1 cm³/mol. The van der Waals surface area contributed by atoms with E-state index < -0.39 is 5.60 Å². The highest BCUT2D eigenvalue weighted by Crippen LogP contribution is 2.20. The van der Waals surface area contributed by atoms with Gasteiger partial charge in [-0.25, -0.2) is 0 Å². The first kappa shape index (κ1) is 11.3. The molecule has 0 bridgehead atoms. The average Bonchev–Trinajstić information content (AvgIpc) is 2.17. The summed E-state index contributed by atoms with van der Waals surface area (Å²) in [6, 6.07) is 5.28. The van der Waals surface area contributed by atoms with Crippen molar-refractivity contribution in [2.75, 3.05) is 0 Å². The number of carbonyl (C=O) groups excluding carboxylic acids is 1. The van der Waals surface area contributed by atoms with Crippen LogP contribution in [0, 0.1) is 19.3 Å².